The molecule has 8 rings (SSSR count). The van der Waals surface area contributed by atoms with E-state index in [0.29, 0.717) is 36.8 Å². The Morgan fingerprint density at radius 2 is 1.74 bits per heavy atom. The van der Waals surface area contributed by atoms with Crippen LogP contribution in [0, 0.1) is 0 Å². The number of nitrogens with one attached hydrogen (secondary N) is 1. The van der Waals surface area contributed by atoms with Crippen LogP contribution in [0.2, 0.25) is 0 Å². The van der Waals surface area contributed by atoms with E-state index in [4.69, 9.17) is 15.2 Å². The van der Waals surface area contributed by atoms with Gasteiger partial charge in [0, 0.05) is 52.6 Å². The number of nitrogens with zero attached hydrogens (tertiary/aromatic N) is 2. The number of anilines is 1. The molecule has 1 amide bonds. The van der Waals surface area contributed by atoms with E-state index < -0.39 is 77.7 Å². The lowest BCUT2D eigenvalue weighted by Gasteiger charge is -2.44. The zero-order valence-electron chi connectivity index (χ0n) is 33.0. The van der Waals surface area contributed by atoms with Gasteiger partial charge < -0.3 is 66.2 Å². The average Bonchev–Trinajstić information content (AvgIpc) is 3.98. The molecule has 61 heavy (non-hydrogen) atoms. The number of rotatable bonds is 11. The number of aromatic nitrogens is 2. The molecule has 0 radical (unpaired) electrons. The number of nitrogens with two attached hydrogens (primary N) is 1. The first-order chi connectivity index (χ1) is 29.2. The normalized spacial score (nSPS) is 32.2. The molecule has 3 heterocycles. The van der Waals surface area contributed by atoms with E-state index in [-0.39, 0.29) is 47.9 Å². The van der Waals surface area contributed by atoms with Gasteiger partial charge in [0.15, 0.2) is 17.6 Å². The lowest BCUT2D eigenvalue weighted by atomic mass is 9.68. The summed E-state index contributed by atoms with van der Waals surface area (Å²) in [6.45, 7) is -0.965. The molecule has 17 heteroatoms. The number of carbonyl (C=O) groups excluding carboxylic acids is 1. The van der Waals surface area contributed by atoms with E-state index >= 15 is 0 Å². The van der Waals surface area contributed by atoms with Gasteiger partial charge in [-0.3, -0.25) is 9.69 Å². The van der Waals surface area contributed by atoms with Crippen LogP contribution < -0.4 is 15.4 Å². The molecule has 17 nitrogen and oxygen atoms in total. The highest BCUT2D eigenvalue weighted by atomic mass is 16.8. The van der Waals surface area contributed by atoms with E-state index in [2.05, 4.69) is 9.97 Å². The number of aliphatic carboxylic acids is 1. The van der Waals surface area contributed by atoms with Crippen molar-refractivity contribution in [3.05, 3.63) is 107 Å². The van der Waals surface area contributed by atoms with Crippen molar-refractivity contribution in [3.63, 3.8) is 0 Å². The summed E-state index contributed by atoms with van der Waals surface area (Å²) in [6.07, 6.45) is -0.107. The summed E-state index contributed by atoms with van der Waals surface area (Å²) >= 11 is 0. The summed E-state index contributed by atoms with van der Waals surface area (Å²) < 4.78 is 10.9. The van der Waals surface area contributed by atoms with Gasteiger partial charge in [0.05, 0.1) is 30.9 Å². The number of amides is 1. The van der Waals surface area contributed by atoms with E-state index in [1.165, 1.54) is 24.3 Å². The van der Waals surface area contributed by atoms with Gasteiger partial charge in [0.1, 0.15) is 30.1 Å². The van der Waals surface area contributed by atoms with Crippen molar-refractivity contribution in [2.45, 2.75) is 104 Å². The standard InChI is InChI=1S/C44H50N4O13/c45-34-7-4-14-43(34,24-5-2-1-3-6-24)18-28-26-16-31(52)32(60-44(59)41(56)40(55)39(54)33(20-50)61-44)17-29(26)48(38(28)42(57)58)35(53)13-9-22-8-12-30(51)27(15-22)25-11-10-23(19-49)36-37(25)47-21-46-36/h1-3,5-6,8-9,12-13,15-17,21,23,25,28,33-34,38-41,49-52,54-56,59H,4,7,10-11,14,18-20,45H2,(H,46,47)(H,57,58)/b13-9+/t23-,25-,28-,33-,34-,38-,39-,40+,41-,43+,44+/m1/s1. The first kappa shape index (κ1) is 42.3. The number of H-pyrrole nitrogens is 1. The molecular weight excluding hydrogens is 792 g/mol. The topological polar surface area (TPSA) is 293 Å². The molecule has 0 spiro atoms. The van der Waals surface area contributed by atoms with Crippen molar-refractivity contribution >= 4 is 23.6 Å². The van der Waals surface area contributed by atoms with E-state index in [1.54, 1.807) is 18.5 Å². The number of aliphatic hydroxyl groups excluding tert-OH is 5. The number of hydrogen-bond donors (Lipinski definition) is 11. The number of hydrogen-bond acceptors (Lipinski definition) is 14. The molecule has 3 aromatic carbocycles. The Morgan fingerprint density at radius 1 is 0.967 bits per heavy atom. The number of aliphatic hydroxyl groups is 6. The SMILES string of the molecule is N[C@@H]1CCC[C@]1(C[C@@H]1c2cc(O)c(O[C@]3(O)O[C@H](CO)[C@@H](O)[C@H](O)[C@H]3O)cc2N(C(=O)/C=C/c2ccc(O)c([C@H]3CC[C@H](CO)c4nc[nH]c43)c2)[C@H]1C(=O)O)c1ccccc1. The smallest absolute Gasteiger partial charge is 0.355 e. The maximum absolute atomic E-state index is 14.6. The number of aromatic amines is 1. The highest BCUT2D eigenvalue weighted by molar-refractivity contribution is 6.10. The highest BCUT2D eigenvalue weighted by Crippen LogP contribution is 2.55. The average molecular weight is 843 g/mol. The molecule has 1 saturated heterocycles. The first-order valence-corrected chi connectivity index (χ1v) is 20.3. The third kappa shape index (κ3) is 7.34. The van der Waals surface area contributed by atoms with Crippen molar-refractivity contribution in [1.82, 2.24) is 9.97 Å². The number of ether oxygens (including phenoxy) is 2. The van der Waals surface area contributed by atoms with Gasteiger partial charge in [-0.15, -0.1) is 0 Å². The summed E-state index contributed by atoms with van der Waals surface area (Å²) in [7, 11) is 0. The van der Waals surface area contributed by atoms with Crippen LogP contribution in [-0.4, -0.2) is 123 Å². The molecule has 324 valence electrons. The Hall–Kier alpha value is -5.37. The van der Waals surface area contributed by atoms with Crippen LogP contribution in [-0.2, 0) is 19.7 Å². The summed E-state index contributed by atoms with van der Waals surface area (Å²) in [5.74, 6) is -7.84. The number of phenolic OH excluding ortho intramolecular Hbond substituents is 2. The molecule has 1 saturated carbocycles. The van der Waals surface area contributed by atoms with Crippen LogP contribution in [0.25, 0.3) is 6.08 Å². The highest BCUT2D eigenvalue weighted by Gasteiger charge is 2.56. The number of imidazole rings is 1. The summed E-state index contributed by atoms with van der Waals surface area (Å²) in [6, 6.07) is 14.8. The fourth-order valence-corrected chi connectivity index (χ4v) is 10.0. The van der Waals surface area contributed by atoms with E-state index in [9.17, 15) is 55.5 Å². The molecular formula is C44H50N4O13. The molecule has 4 aromatic rings. The largest absolute Gasteiger partial charge is 0.508 e. The van der Waals surface area contributed by atoms with Crippen LogP contribution in [0.15, 0.2) is 73.1 Å². The Labute approximate surface area is 350 Å². The predicted octanol–water partition coefficient (Wildman–Crippen LogP) is 1.76. The molecule has 11 atom stereocenters. The van der Waals surface area contributed by atoms with Crippen molar-refractivity contribution in [1.29, 1.82) is 0 Å². The second kappa shape index (κ2) is 16.5. The van der Waals surface area contributed by atoms with Crippen molar-refractivity contribution in [2.24, 2.45) is 5.73 Å². The lowest BCUT2D eigenvalue weighted by molar-refractivity contribution is -0.422. The minimum absolute atomic E-state index is 0.0124. The fraction of sp³-hybridized carbons (Fsp3) is 0.432. The summed E-state index contributed by atoms with van der Waals surface area (Å²) in [5, 5.41) is 95.8. The van der Waals surface area contributed by atoms with E-state index in [0.717, 1.165) is 34.3 Å². The Balaban J connectivity index is 1.19. The van der Waals surface area contributed by atoms with Gasteiger partial charge in [-0.1, -0.05) is 42.8 Å². The predicted molar refractivity (Wildman–Crippen MR) is 217 cm³/mol. The van der Waals surface area contributed by atoms with Gasteiger partial charge in [0.2, 0.25) is 0 Å². The number of carboxylic acid groups (broad SMARTS) is 1. The molecule has 1 aromatic heterocycles. The minimum Gasteiger partial charge on any atom is -0.508 e. The van der Waals surface area contributed by atoms with Gasteiger partial charge in [-0.2, -0.15) is 0 Å². The van der Waals surface area contributed by atoms with Crippen molar-refractivity contribution < 1.29 is 65.0 Å². The van der Waals surface area contributed by atoms with Crippen LogP contribution in [0.4, 0.5) is 5.69 Å². The van der Waals surface area contributed by atoms with Crippen LogP contribution in [0.5, 0.6) is 17.2 Å². The molecule has 2 fully saturated rings. The van der Waals surface area contributed by atoms with E-state index in [1.807, 2.05) is 30.3 Å². The summed E-state index contributed by atoms with van der Waals surface area (Å²) in [4.78, 5) is 36.7. The Morgan fingerprint density at radius 3 is 2.43 bits per heavy atom. The maximum atomic E-state index is 14.6. The number of aromatic hydroxyl groups is 2. The third-order valence-corrected chi connectivity index (χ3v) is 13.2. The molecule has 2 aliphatic carbocycles. The minimum atomic E-state index is -3.13. The summed E-state index contributed by atoms with van der Waals surface area (Å²) in [5.41, 5.74) is 9.85. The number of fused-ring (bicyclic) bond motifs is 2. The van der Waals surface area contributed by atoms with Crippen molar-refractivity contribution in [3.8, 4) is 17.2 Å². The first-order valence-electron chi connectivity index (χ1n) is 20.3. The Bertz CT molecular complexity index is 2300. The van der Waals surface area contributed by atoms with Gasteiger partial charge in [-0.25, -0.2) is 9.78 Å². The third-order valence-electron chi connectivity index (χ3n) is 13.2. The zero-order valence-corrected chi connectivity index (χ0v) is 33.0. The zero-order chi connectivity index (χ0) is 43.4. The molecule has 0 unspecified atom stereocenters. The van der Waals surface area contributed by atoms with Crippen molar-refractivity contribution in [2.75, 3.05) is 18.1 Å². The number of phenols is 2. The van der Waals surface area contributed by atoms with Gasteiger partial charge in [-0.05, 0) is 73.1 Å². The van der Waals surface area contributed by atoms with Crippen LogP contribution >= 0.6 is 0 Å². The Kier molecular flexibility index (Phi) is 11.4. The second-order valence-corrected chi connectivity index (χ2v) is 16.6. The molecule has 4 aliphatic rings. The van der Waals surface area contributed by atoms with Crippen LogP contribution in [0.1, 0.15) is 89.9 Å². The second-order valence-electron chi connectivity index (χ2n) is 16.6. The van der Waals surface area contributed by atoms with Gasteiger partial charge >= 0.3 is 11.9 Å². The quantitative estimate of drug-likeness (QED) is 0.0758. The fourth-order valence-electron chi connectivity index (χ4n) is 10.0. The maximum Gasteiger partial charge on any atom is 0.355 e. The van der Waals surface area contributed by atoms with Crippen LogP contribution in [0.3, 0.4) is 0 Å². The monoisotopic (exact) mass is 842 g/mol. The molecule has 2 aliphatic heterocycles. The van der Waals surface area contributed by atoms with Gasteiger partial charge in [0.25, 0.3) is 5.91 Å². The number of benzene rings is 3. The number of carboxylic acids is 1. The lowest BCUT2D eigenvalue weighted by Crippen LogP contribution is -2.67. The number of carbonyl (C=O) groups is 2. The molecule has 0 bridgehead atoms. The molecule has 12 N–H and O–H groups in total.